The van der Waals surface area contributed by atoms with Crippen molar-refractivity contribution in [1.29, 1.82) is 0 Å². The molecule has 3 heteroatoms. The lowest BCUT2D eigenvalue weighted by Crippen LogP contribution is -2.06. The maximum absolute atomic E-state index is 10.4. The van der Waals surface area contributed by atoms with E-state index in [-0.39, 0.29) is 0 Å². The predicted molar refractivity (Wildman–Crippen MR) is 79.5 cm³/mol. The lowest BCUT2D eigenvalue weighted by Gasteiger charge is -2.14. The third kappa shape index (κ3) is 3.00. The molecule has 0 spiro atoms. The van der Waals surface area contributed by atoms with Crippen molar-refractivity contribution in [3.8, 4) is 0 Å². The summed E-state index contributed by atoms with van der Waals surface area (Å²) in [6.45, 7) is 0.903. The maximum atomic E-state index is 10.4. The molecular weight excluding hydrogens is 250 g/mol. The van der Waals surface area contributed by atoms with Gasteiger partial charge in [0.1, 0.15) is 0 Å². The minimum absolute atomic E-state index is 0.410. The zero-order valence-corrected chi connectivity index (χ0v) is 11.7. The SMILES string of the molecule is OC(CCCC1CCCO1)c1cncc2ccccc12. The highest BCUT2D eigenvalue weighted by Gasteiger charge is 2.17. The molecule has 2 unspecified atom stereocenters. The first-order chi connectivity index (χ1) is 9.84. The van der Waals surface area contributed by atoms with Crippen molar-refractivity contribution in [2.75, 3.05) is 6.61 Å². The van der Waals surface area contributed by atoms with Crippen LogP contribution < -0.4 is 0 Å². The summed E-state index contributed by atoms with van der Waals surface area (Å²) in [5.41, 5.74) is 0.940. The van der Waals surface area contributed by atoms with E-state index in [9.17, 15) is 5.11 Å². The third-order valence-electron chi connectivity index (χ3n) is 4.09. The molecule has 1 N–H and O–H groups in total. The number of nitrogens with zero attached hydrogens (tertiary/aromatic N) is 1. The van der Waals surface area contributed by atoms with Crippen LogP contribution in [0.25, 0.3) is 10.8 Å². The van der Waals surface area contributed by atoms with Gasteiger partial charge in [0.15, 0.2) is 0 Å². The van der Waals surface area contributed by atoms with Gasteiger partial charge in [0.25, 0.3) is 0 Å². The Labute approximate surface area is 119 Å². The minimum Gasteiger partial charge on any atom is -0.388 e. The molecule has 1 aromatic carbocycles. The molecule has 1 aliphatic heterocycles. The molecule has 106 valence electrons. The Morgan fingerprint density at radius 2 is 2.20 bits per heavy atom. The largest absolute Gasteiger partial charge is 0.388 e. The van der Waals surface area contributed by atoms with E-state index in [1.165, 1.54) is 12.8 Å². The molecule has 0 amide bonds. The van der Waals surface area contributed by atoms with Crippen LogP contribution in [0.3, 0.4) is 0 Å². The van der Waals surface area contributed by atoms with Gasteiger partial charge in [-0.3, -0.25) is 4.98 Å². The second kappa shape index (κ2) is 6.33. The Morgan fingerprint density at radius 1 is 1.30 bits per heavy atom. The molecule has 1 saturated heterocycles. The second-order valence-corrected chi connectivity index (χ2v) is 5.53. The van der Waals surface area contributed by atoms with Crippen molar-refractivity contribution >= 4 is 10.8 Å². The van der Waals surface area contributed by atoms with E-state index in [2.05, 4.69) is 11.1 Å². The Balaban J connectivity index is 1.64. The van der Waals surface area contributed by atoms with Gasteiger partial charge in [0, 0.05) is 30.0 Å². The van der Waals surface area contributed by atoms with E-state index in [4.69, 9.17) is 4.74 Å². The number of aliphatic hydroxyl groups excluding tert-OH is 1. The van der Waals surface area contributed by atoms with E-state index < -0.39 is 6.10 Å². The monoisotopic (exact) mass is 271 g/mol. The molecule has 2 atom stereocenters. The number of ether oxygens (including phenoxy) is 1. The van der Waals surface area contributed by atoms with Gasteiger partial charge in [-0.1, -0.05) is 24.3 Å². The molecule has 0 bridgehead atoms. The lowest BCUT2D eigenvalue weighted by atomic mass is 9.98. The van der Waals surface area contributed by atoms with Crippen molar-refractivity contribution < 1.29 is 9.84 Å². The van der Waals surface area contributed by atoms with Gasteiger partial charge >= 0.3 is 0 Å². The number of benzene rings is 1. The molecular formula is C17H21NO2. The molecule has 2 aromatic rings. The molecule has 1 aliphatic rings. The molecule has 2 heterocycles. The standard InChI is InChI=1S/C17H21NO2/c19-17(9-3-6-14-7-4-10-20-14)16-12-18-11-13-5-1-2-8-15(13)16/h1-2,5,8,11-12,14,17,19H,3-4,6-7,9-10H2. The average molecular weight is 271 g/mol. The summed E-state index contributed by atoms with van der Waals surface area (Å²) >= 11 is 0. The van der Waals surface area contributed by atoms with Crippen LogP contribution in [0, 0.1) is 0 Å². The fraction of sp³-hybridized carbons (Fsp3) is 0.471. The summed E-state index contributed by atoms with van der Waals surface area (Å²) < 4.78 is 5.62. The Hall–Kier alpha value is -1.45. The van der Waals surface area contributed by atoms with Gasteiger partial charge < -0.3 is 9.84 Å². The predicted octanol–water partition coefficient (Wildman–Crippen LogP) is 3.62. The molecule has 3 nitrogen and oxygen atoms in total. The summed E-state index contributed by atoms with van der Waals surface area (Å²) in [4.78, 5) is 4.23. The lowest BCUT2D eigenvalue weighted by molar-refractivity contribution is 0.0946. The van der Waals surface area contributed by atoms with Crippen LogP contribution in [0.5, 0.6) is 0 Å². The molecule has 0 aliphatic carbocycles. The zero-order valence-electron chi connectivity index (χ0n) is 11.7. The fourth-order valence-electron chi connectivity index (χ4n) is 2.97. The Morgan fingerprint density at radius 3 is 3.05 bits per heavy atom. The highest BCUT2D eigenvalue weighted by atomic mass is 16.5. The average Bonchev–Trinajstić information content (AvgIpc) is 3.00. The van der Waals surface area contributed by atoms with Crippen LogP contribution in [0.2, 0.25) is 0 Å². The van der Waals surface area contributed by atoms with Gasteiger partial charge in [-0.2, -0.15) is 0 Å². The summed E-state index contributed by atoms with van der Waals surface area (Å²) in [6, 6.07) is 8.09. The molecule has 3 rings (SSSR count). The first kappa shape index (κ1) is 13.5. The van der Waals surface area contributed by atoms with E-state index in [1.807, 2.05) is 24.4 Å². The van der Waals surface area contributed by atoms with Gasteiger partial charge in [-0.15, -0.1) is 0 Å². The van der Waals surface area contributed by atoms with Crippen LogP contribution in [0.1, 0.15) is 43.8 Å². The van der Waals surface area contributed by atoms with Gasteiger partial charge in [0.2, 0.25) is 0 Å². The highest BCUT2D eigenvalue weighted by molar-refractivity contribution is 5.84. The zero-order chi connectivity index (χ0) is 13.8. The number of pyridine rings is 1. The fourth-order valence-corrected chi connectivity index (χ4v) is 2.97. The summed E-state index contributed by atoms with van der Waals surface area (Å²) in [6.07, 6.45) is 8.78. The minimum atomic E-state index is -0.435. The Bertz CT molecular complexity index is 558. The summed E-state index contributed by atoms with van der Waals surface area (Å²) in [5, 5.41) is 12.6. The number of aromatic nitrogens is 1. The van der Waals surface area contributed by atoms with Crippen LogP contribution >= 0.6 is 0 Å². The number of aliphatic hydroxyl groups is 1. The van der Waals surface area contributed by atoms with Crippen molar-refractivity contribution in [2.24, 2.45) is 0 Å². The molecule has 1 fully saturated rings. The summed E-state index contributed by atoms with van der Waals surface area (Å²) in [5.74, 6) is 0. The van der Waals surface area contributed by atoms with Crippen LogP contribution in [0.4, 0.5) is 0 Å². The number of hydrogen-bond acceptors (Lipinski definition) is 3. The van der Waals surface area contributed by atoms with E-state index in [0.29, 0.717) is 6.10 Å². The van der Waals surface area contributed by atoms with E-state index in [0.717, 1.165) is 42.2 Å². The van der Waals surface area contributed by atoms with Crippen molar-refractivity contribution in [3.05, 3.63) is 42.2 Å². The number of rotatable bonds is 5. The normalized spacial score (nSPS) is 20.4. The first-order valence-corrected chi connectivity index (χ1v) is 7.47. The van der Waals surface area contributed by atoms with Crippen LogP contribution in [-0.4, -0.2) is 22.8 Å². The quantitative estimate of drug-likeness (QED) is 0.903. The summed E-state index contributed by atoms with van der Waals surface area (Å²) in [7, 11) is 0. The molecule has 1 aromatic heterocycles. The third-order valence-corrected chi connectivity index (χ3v) is 4.09. The molecule has 0 saturated carbocycles. The smallest absolute Gasteiger partial charge is 0.0811 e. The highest BCUT2D eigenvalue weighted by Crippen LogP contribution is 2.27. The van der Waals surface area contributed by atoms with Gasteiger partial charge in [-0.05, 0) is 37.5 Å². The van der Waals surface area contributed by atoms with Crippen molar-refractivity contribution in [2.45, 2.75) is 44.3 Å². The maximum Gasteiger partial charge on any atom is 0.0811 e. The van der Waals surface area contributed by atoms with E-state index in [1.54, 1.807) is 6.20 Å². The van der Waals surface area contributed by atoms with Crippen LogP contribution in [-0.2, 0) is 4.74 Å². The van der Waals surface area contributed by atoms with Crippen LogP contribution in [0.15, 0.2) is 36.7 Å². The molecule has 0 radical (unpaired) electrons. The van der Waals surface area contributed by atoms with Gasteiger partial charge in [-0.25, -0.2) is 0 Å². The molecule has 20 heavy (non-hydrogen) atoms. The van der Waals surface area contributed by atoms with E-state index >= 15 is 0 Å². The van der Waals surface area contributed by atoms with Crippen molar-refractivity contribution in [1.82, 2.24) is 4.98 Å². The number of hydrogen-bond donors (Lipinski definition) is 1. The second-order valence-electron chi connectivity index (χ2n) is 5.53. The van der Waals surface area contributed by atoms with Crippen molar-refractivity contribution in [3.63, 3.8) is 0 Å². The number of fused-ring (bicyclic) bond motifs is 1. The first-order valence-electron chi connectivity index (χ1n) is 7.47. The van der Waals surface area contributed by atoms with Gasteiger partial charge in [0.05, 0.1) is 12.2 Å². The topological polar surface area (TPSA) is 42.4 Å². The Kier molecular flexibility index (Phi) is 4.28.